The summed E-state index contributed by atoms with van der Waals surface area (Å²) in [7, 11) is 0. The van der Waals surface area contributed by atoms with Crippen molar-refractivity contribution in [2.24, 2.45) is 0 Å². The molecule has 0 radical (unpaired) electrons. The zero-order chi connectivity index (χ0) is 17.5. The Labute approximate surface area is 153 Å². The Morgan fingerprint density at radius 1 is 1.17 bits per heavy atom. The van der Waals surface area contributed by atoms with E-state index in [9.17, 15) is 9.59 Å². The van der Waals surface area contributed by atoms with Gasteiger partial charge in [0.25, 0.3) is 0 Å². The second-order valence-electron chi connectivity index (χ2n) is 5.13. The summed E-state index contributed by atoms with van der Waals surface area (Å²) in [5.74, 6) is -0.313. The molecule has 3 N–H and O–H groups in total. The average molecular weight is 411 g/mol. The van der Waals surface area contributed by atoms with Crippen LogP contribution in [-0.2, 0) is 4.79 Å². The third-order valence-electron chi connectivity index (χ3n) is 3.25. The molecule has 0 spiro atoms. The maximum absolute atomic E-state index is 11.9. The topological polar surface area (TPSA) is 70.2 Å². The van der Waals surface area contributed by atoms with Gasteiger partial charge in [-0.2, -0.15) is 0 Å². The van der Waals surface area contributed by atoms with Gasteiger partial charge in [-0.15, -0.1) is 0 Å². The number of urea groups is 1. The summed E-state index contributed by atoms with van der Waals surface area (Å²) in [6.45, 7) is 1.71. The van der Waals surface area contributed by atoms with Crippen LogP contribution < -0.4 is 16.0 Å². The van der Waals surface area contributed by atoms with Gasteiger partial charge in [0.1, 0.15) is 0 Å². The fraction of sp³-hybridized carbons (Fsp3) is 0.176. The van der Waals surface area contributed by atoms with Crippen LogP contribution >= 0.6 is 27.5 Å². The number of hydrogen-bond donors (Lipinski definition) is 3. The molecule has 1 atom stereocenters. The van der Waals surface area contributed by atoms with E-state index in [4.69, 9.17) is 11.6 Å². The highest BCUT2D eigenvalue weighted by Crippen LogP contribution is 2.21. The van der Waals surface area contributed by atoms with Crippen LogP contribution in [0, 0.1) is 0 Å². The van der Waals surface area contributed by atoms with E-state index in [1.165, 1.54) is 0 Å². The molecule has 0 heterocycles. The van der Waals surface area contributed by atoms with E-state index in [1.807, 2.05) is 37.3 Å². The Morgan fingerprint density at radius 3 is 2.62 bits per heavy atom. The second-order valence-corrected chi connectivity index (χ2v) is 6.42. The molecule has 0 saturated heterocycles. The Morgan fingerprint density at radius 2 is 1.92 bits per heavy atom. The summed E-state index contributed by atoms with van der Waals surface area (Å²) in [5, 5.41) is 8.60. The summed E-state index contributed by atoms with van der Waals surface area (Å²) in [6.07, 6.45) is 0. The number of para-hydroxylation sites is 1. The Hall–Kier alpha value is -2.05. The molecule has 2 aromatic rings. The largest absolute Gasteiger partial charge is 0.332 e. The molecule has 2 aromatic carbocycles. The first kappa shape index (κ1) is 18.3. The van der Waals surface area contributed by atoms with Gasteiger partial charge in [-0.3, -0.25) is 4.79 Å². The lowest BCUT2D eigenvalue weighted by Gasteiger charge is -2.15. The SMILES string of the molecule is C[C@@H](NC(=O)NCC(=O)Nc1ccccc1Br)c1cccc(Cl)c1. The number of rotatable bonds is 5. The highest BCUT2D eigenvalue weighted by Gasteiger charge is 2.11. The summed E-state index contributed by atoms with van der Waals surface area (Å²) in [4.78, 5) is 23.8. The molecule has 5 nitrogen and oxygen atoms in total. The first-order valence-electron chi connectivity index (χ1n) is 7.30. The van der Waals surface area contributed by atoms with Crippen LogP contribution in [-0.4, -0.2) is 18.5 Å². The van der Waals surface area contributed by atoms with E-state index in [0.717, 1.165) is 10.0 Å². The van der Waals surface area contributed by atoms with Crippen molar-refractivity contribution >= 4 is 45.2 Å². The lowest BCUT2D eigenvalue weighted by atomic mass is 10.1. The van der Waals surface area contributed by atoms with Crippen LogP contribution in [0.4, 0.5) is 10.5 Å². The molecule has 24 heavy (non-hydrogen) atoms. The minimum Gasteiger partial charge on any atom is -0.332 e. The normalized spacial score (nSPS) is 11.5. The zero-order valence-electron chi connectivity index (χ0n) is 13.0. The van der Waals surface area contributed by atoms with Gasteiger partial charge in [-0.25, -0.2) is 4.79 Å². The smallest absolute Gasteiger partial charge is 0.315 e. The van der Waals surface area contributed by atoms with Crippen LogP contribution in [0.1, 0.15) is 18.5 Å². The van der Waals surface area contributed by atoms with E-state index < -0.39 is 6.03 Å². The lowest BCUT2D eigenvalue weighted by Crippen LogP contribution is -2.41. The van der Waals surface area contributed by atoms with Gasteiger partial charge in [-0.05, 0) is 52.7 Å². The number of nitrogens with one attached hydrogen (secondary N) is 3. The highest BCUT2D eigenvalue weighted by atomic mass is 79.9. The van der Waals surface area contributed by atoms with Crippen LogP contribution in [0.25, 0.3) is 0 Å². The number of hydrogen-bond acceptors (Lipinski definition) is 2. The number of anilines is 1. The first-order chi connectivity index (χ1) is 11.5. The molecule has 7 heteroatoms. The molecule has 126 valence electrons. The predicted octanol–water partition coefficient (Wildman–Crippen LogP) is 4.10. The number of benzene rings is 2. The highest BCUT2D eigenvalue weighted by molar-refractivity contribution is 9.10. The van der Waals surface area contributed by atoms with Gasteiger partial charge in [0, 0.05) is 9.50 Å². The average Bonchev–Trinajstić information content (AvgIpc) is 2.55. The van der Waals surface area contributed by atoms with Crippen LogP contribution in [0.2, 0.25) is 5.02 Å². The lowest BCUT2D eigenvalue weighted by molar-refractivity contribution is -0.115. The van der Waals surface area contributed by atoms with Gasteiger partial charge in [-0.1, -0.05) is 35.9 Å². The van der Waals surface area contributed by atoms with Crippen molar-refractivity contribution in [3.63, 3.8) is 0 Å². The maximum atomic E-state index is 11.9. The second kappa shape index (κ2) is 8.70. The number of amides is 3. The minimum absolute atomic E-state index is 0.130. The third-order valence-corrected chi connectivity index (χ3v) is 4.18. The molecule has 0 saturated carbocycles. The number of carbonyl (C=O) groups is 2. The van der Waals surface area contributed by atoms with Gasteiger partial charge in [0.05, 0.1) is 18.3 Å². The van der Waals surface area contributed by atoms with E-state index in [-0.39, 0.29) is 18.5 Å². The van der Waals surface area contributed by atoms with Crippen molar-refractivity contribution in [2.45, 2.75) is 13.0 Å². The number of carbonyl (C=O) groups excluding carboxylic acids is 2. The summed E-state index contributed by atoms with van der Waals surface area (Å²) in [5.41, 5.74) is 1.53. The zero-order valence-corrected chi connectivity index (χ0v) is 15.3. The standard InChI is InChI=1S/C17H17BrClN3O2/c1-11(12-5-4-6-13(19)9-12)21-17(24)20-10-16(23)22-15-8-3-2-7-14(15)18/h2-9,11H,10H2,1H3,(H,22,23)(H2,20,21,24)/t11-/m1/s1. The van der Waals surface area contributed by atoms with E-state index in [2.05, 4.69) is 31.9 Å². The molecular weight excluding hydrogens is 394 g/mol. The molecule has 0 aliphatic carbocycles. The van der Waals surface area contributed by atoms with Crippen LogP contribution in [0.15, 0.2) is 53.0 Å². The van der Waals surface area contributed by atoms with Crippen molar-refractivity contribution < 1.29 is 9.59 Å². The van der Waals surface area contributed by atoms with Gasteiger partial charge in [0.2, 0.25) is 5.91 Å². The number of halogens is 2. The first-order valence-corrected chi connectivity index (χ1v) is 8.47. The van der Waals surface area contributed by atoms with E-state index in [1.54, 1.807) is 18.2 Å². The molecule has 0 aromatic heterocycles. The van der Waals surface area contributed by atoms with Crippen LogP contribution in [0.3, 0.4) is 0 Å². The fourth-order valence-corrected chi connectivity index (χ4v) is 2.61. The fourth-order valence-electron chi connectivity index (χ4n) is 2.02. The van der Waals surface area contributed by atoms with E-state index in [0.29, 0.717) is 10.7 Å². The monoisotopic (exact) mass is 409 g/mol. The Bertz CT molecular complexity index is 739. The molecule has 3 amide bonds. The van der Waals surface area contributed by atoms with E-state index >= 15 is 0 Å². The minimum atomic E-state index is -0.426. The van der Waals surface area contributed by atoms with Crippen molar-refractivity contribution in [1.82, 2.24) is 10.6 Å². The molecule has 0 bridgehead atoms. The van der Waals surface area contributed by atoms with Crippen molar-refractivity contribution in [3.05, 3.63) is 63.6 Å². The molecular formula is C17H17BrClN3O2. The Balaban J connectivity index is 1.80. The van der Waals surface area contributed by atoms with Crippen molar-refractivity contribution in [1.29, 1.82) is 0 Å². The molecule has 0 unspecified atom stereocenters. The van der Waals surface area contributed by atoms with Gasteiger partial charge in [0.15, 0.2) is 0 Å². The van der Waals surface area contributed by atoms with Gasteiger partial charge >= 0.3 is 6.03 Å². The van der Waals surface area contributed by atoms with Crippen molar-refractivity contribution in [2.75, 3.05) is 11.9 Å². The molecule has 0 fully saturated rings. The molecule has 2 rings (SSSR count). The summed E-state index contributed by atoms with van der Waals surface area (Å²) in [6, 6.07) is 13.8. The maximum Gasteiger partial charge on any atom is 0.315 e. The third kappa shape index (κ3) is 5.54. The van der Waals surface area contributed by atoms with Crippen molar-refractivity contribution in [3.8, 4) is 0 Å². The summed E-state index contributed by atoms with van der Waals surface area (Å²) >= 11 is 9.28. The summed E-state index contributed by atoms with van der Waals surface area (Å²) < 4.78 is 0.775. The molecule has 0 aliphatic rings. The quantitative estimate of drug-likeness (QED) is 0.694. The van der Waals surface area contributed by atoms with Crippen LogP contribution in [0.5, 0.6) is 0 Å². The predicted molar refractivity (Wildman–Crippen MR) is 99.2 cm³/mol. The Kier molecular flexibility index (Phi) is 6.63. The molecule has 0 aliphatic heterocycles. The van der Waals surface area contributed by atoms with Gasteiger partial charge < -0.3 is 16.0 Å².